The molecule has 1 aliphatic heterocycles. The third-order valence-corrected chi connectivity index (χ3v) is 3.09. The number of aromatic nitrogens is 2. The van der Waals surface area contributed by atoms with Crippen molar-refractivity contribution < 1.29 is 4.74 Å². The number of ether oxygens (including phenoxy) is 1. The van der Waals surface area contributed by atoms with Crippen molar-refractivity contribution in [3.05, 3.63) is 18.0 Å². The molecule has 2 fully saturated rings. The summed E-state index contributed by atoms with van der Waals surface area (Å²) in [7, 11) is 0. The maximum atomic E-state index is 5.35. The lowest BCUT2D eigenvalue weighted by Crippen LogP contribution is -2.16. The standard InChI is InChI=1S/C11H17N3O/c1-2-9(1)12-7-10-3-5-14(13-10)11-4-6-15-8-11/h3,5,9,11-12H,1-2,4,6-8H2. The van der Waals surface area contributed by atoms with E-state index >= 15 is 0 Å². The summed E-state index contributed by atoms with van der Waals surface area (Å²) in [6, 6.07) is 3.32. The second-order valence-electron chi connectivity index (χ2n) is 4.46. The monoisotopic (exact) mass is 207 g/mol. The molecule has 1 aromatic heterocycles. The van der Waals surface area contributed by atoms with Gasteiger partial charge in [-0.2, -0.15) is 5.10 Å². The molecule has 1 saturated carbocycles. The Balaban J connectivity index is 1.59. The molecule has 15 heavy (non-hydrogen) atoms. The van der Waals surface area contributed by atoms with E-state index in [9.17, 15) is 0 Å². The van der Waals surface area contributed by atoms with Crippen molar-refractivity contribution in [2.24, 2.45) is 0 Å². The molecule has 1 atom stereocenters. The summed E-state index contributed by atoms with van der Waals surface area (Å²) < 4.78 is 7.40. The van der Waals surface area contributed by atoms with Crippen LogP contribution in [0.25, 0.3) is 0 Å². The third-order valence-electron chi connectivity index (χ3n) is 3.09. The van der Waals surface area contributed by atoms with Crippen molar-refractivity contribution in [3.8, 4) is 0 Å². The average Bonchev–Trinajstić information content (AvgIpc) is 2.78. The van der Waals surface area contributed by atoms with Gasteiger partial charge in [-0.1, -0.05) is 0 Å². The van der Waals surface area contributed by atoms with Crippen LogP contribution < -0.4 is 5.32 Å². The quantitative estimate of drug-likeness (QED) is 0.803. The first-order chi connectivity index (χ1) is 7.42. The molecule has 0 bridgehead atoms. The molecule has 1 aromatic rings. The summed E-state index contributed by atoms with van der Waals surface area (Å²) in [4.78, 5) is 0. The lowest BCUT2D eigenvalue weighted by molar-refractivity contribution is 0.184. The highest BCUT2D eigenvalue weighted by atomic mass is 16.5. The number of hydrogen-bond donors (Lipinski definition) is 1. The molecule has 1 aliphatic carbocycles. The van der Waals surface area contributed by atoms with Gasteiger partial charge in [0.25, 0.3) is 0 Å². The Labute approximate surface area is 89.6 Å². The summed E-state index contributed by atoms with van der Waals surface area (Å²) in [6.07, 6.45) is 5.83. The molecule has 2 aliphatic rings. The van der Waals surface area contributed by atoms with Gasteiger partial charge in [0.15, 0.2) is 0 Å². The number of hydrogen-bond acceptors (Lipinski definition) is 3. The van der Waals surface area contributed by atoms with Crippen LogP contribution in [0.3, 0.4) is 0 Å². The molecular weight excluding hydrogens is 190 g/mol. The molecule has 1 unspecified atom stereocenters. The topological polar surface area (TPSA) is 39.1 Å². The zero-order chi connectivity index (χ0) is 10.1. The van der Waals surface area contributed by atoms with Crippen molar-refractivity contribution >= 4 is 0 Å². The molecule has 0 aromatic carbocycles. The van der Waals surface area contributed by atoms with Crippen LogP contribution in [0.1, 0.15) is 31.0 Å². The van der Waals surface area contributed by atoms with Crippen LogP contribution in [0.2, 0.25) is 0 Å². The van der Waals surface area contributed by atoms with E-state index in [1.807, 2.05) is 0 Å². The van der Waals surface area contributed by atoms with E-state index in [4.69, 9.17) is 4.74 Å². The van der Waals surface area contributed by atoms with E-state index in [1.54, 1.807) is 0 Å². The Bertz CT molecular complexity index is 326. The number of nitrogens with zero attached hydrogens (tertiary/aromatic N) is 2. The lowest BCUT2D eigenvalue weighted by Gasteiger charge is -2.07. The largest absolute Gasteiger partial charge is 0.379 e. The predicted molar refractivity (Wildman–Crippen MR) is 56.6 cm³/mol. The Kier molecular flexibility index (Phi) is 2.46. The number of nitrogens with one attached hydrogen (secondary N) is 1. The number of rotatable bonds is 4. The molecule has 0 radical (unpaired) electrons. The zero-order valence-corrected chi connectivity index (χ0v) is 8.85. The van der Waals surface area contributed by atoms with E-state index in [-0.39, 0.29) is 0 Å². The first-order valence-electron chi connectivity index (χ1n) is 5.77. The molecule has 4 nitrogen and oxygen atoms in total. The average molecular weight is 207 g/mol. The Morgan fingerprint density at radius 2 is 2.40 bits per heavy atom. The van der Waals surface area contributed by atoms with E-state index in [0.717, 1.165) is 37.9 Å². The molecule has 4 heteroatoms. The predicted octanol–water partition coefficient (Wildman–Crippen LogP) is 1.10. The minimum Gasteiger partial charge on any atom is -0.379 e. The molecular formula is C11H17N3O. The van der Waals surface area contributed by atoms with E-state index < -0.39 is 0 Å². The molecule has 82 valence electrons. The molecule has 0 amide bonds. The summed E-state index contributed by atoms with van der Waals surface area (Å²) in [5.74, 6) is 0. The van der Waals surface area contributed by atoms with Gasteiger partial charge in [0.1, 0.15) is 0 Å². The minimum atomic E-state index is 0.458. The molecule has 0 spiro atoms. The van der Waals surface area contributed by atoms with Crippen molar-refractivity contribution in [1.82, 2.24) is 15.1 Å². The normalized spacial score (nSPS) is 26.0. The highest BCUT2D eigenvalue weighted by Gasteiger charge is 2.21. The second kappa shape index (κ2) is 3.94. The smallest absolute Gasteiger partial charge is 0.0774 e. The van der Waals surface area contributed by atoms with Crippen molar-refractivity contribution in [2.45, 2.75) is 37.9 Å². The van der Waals surface area contributed by atoms with Crippen molar-refractivity contribution in [1.29, 1.82) is 0 Å². The van der Waals surface area contributed by atoms with Gasteiger partial charge in [0.2, 0.25) is 0 Å². The third kappa shape index (κ3) is 2.21. The fourth-order valence-electron chi connectivity index (χ4n) is 1.94. The van der Waals surface area contributed by atoms with Crippen LogP contribution in [0.4, 0.5) is 0 Å². The van der Waals surface area contributed by atoms with Gasteiger partial charge in [-0.3, -0.25) is 4.68 Å². The first-order valence-corrected chi connectivity index (χ1v) is 5.77. The van der Waals surface area contributed by atoms with E-state index in [2.05, 4.69) is 27.4 Å². The van der Waals surface area contributed by atoms with E-state index in [1.165, 1.54) is 12.8 Å². The van der Waals surface area contributed by atoms with Crippen LogP contribution in [0, 0.1) is 0 Å². The van der Waals surface area contributed by atoms with Crippen molar-refractivity contribution in [3.63, 3.8) is 0 Å². The summed E-state index contributed by atoms with van der Waals surface area (Å²) >= 11 is 0. The highest BCUT2D eigenvalue weighted by Crippen LogP contribution is 2.20. The summed E-state index contributed by atoms with van der Waals surface area (Å²) in [5.41, 5.74) is 1.15. The zero-order valence-electron chi connectivity index (χ0n) is 8.85. The minimum absolute atomic E-state index is 0.458. The Morgan fingerprint density at radius 1 is 1.47 bits per heavy atom. The van der Waals surface area contributed by atoms with Crippen LogP contribution in [0.15, 0.2) is 12.3 Å². The maximum absolute atomic E-state index is 5.35. The van der Waals surface area contributed by atoms with Crippen LogP contribution in [0.5, 0.6) is 0 Å². The van der Waals surface area contributed by atoms with Crippen LogP contribution in [-0.4, -0.2) is 29.0 Å². The van der Waals surface area contributed by atoms with Crippen molar-refractivity contribution in [2.75, 3.05) is 13.2 Å². The van der Waals surface area contributed by atoms with Gasteiger partial charge in [-0.15, -0.1) is 0 Å². The van der Waals surface area contributed by atoms with Gasteiger partial charge in [0, 0.05) is 25.4 Å². The van der Waals surface area contributed by atoms with Gasteiger partial charge < -0.3 is 10.1 Å². The SMILES string of the molecule is c1cn(C2CCOC2)nc1CNC1CC1. The summed E-state index contributed by atoms with van der Waals surface area (Å²) in [5, 5.41) is 8.04. The Hall–Kier alpha value is -0.870. The van der Waals surface area contributed by atoms with E-state index in [0.29, 0.717) is 6.04 Å². The highest BCUT2D eigenvalue weighted by molar-refractivity contribution is 5.01. The first kappa shape index (κ1) is 9.36. The lowest BCUT2D eigenvalue weighted by atomic mass is 10.3. The fourth-order valence-corrected chi connectivity index (χ4v) is 1.94. The Morgan fingerprint density at radius 3 is 3.13 bits per heavy atom. The van der Waals surface area contributed by atoms with Gasteiger partial charge >= 0.3 is 0 Å². The molecule has 3 rings (SSSR count). The van der Waals surface area contributed by atoms with Crippen LogP contribution in [-0.2, 0) is 11.3 Å². The molecule has 1 N–H and O–H groups in total. The van der Waals surface area contributed by atoms with Crippen LogP contribution >= 0.6 is 0 Å². The molecule has 2 heterocycles. The van der Waals surface area contributed by atoms with Gasteiger partial charge in [-0.05, 0) is 25.3 Å². The van der Waals surface area contributed by atoms with Gasteiger partial charge in [-0.25, -0.2) is 0 Å². The van der Waals surface area contributed by atoms with Gasteiger partial charge in [0.05, 0.1) is 18.3 Å². The second-order valence-corrected chi connectivity index (χ2v) is 4.46. The molecule has 1 saturated heterocycles. The fraction of sp³-hybridized carbons (Fsp3) is 0.727. The summed E-state index contributed by atoms with van der Waals surface area (Å²) in [6.45, 7) is 2.60. The maximum Gasteiger partial charge on any atom is 0.0774 e.